The third-order valence-corrected chi connectivity index (χ3v) is 8.46. The molecule has 0 spiro atoms. The summed E-state index contributed by atoms with van der Waals surface area (Å²) < 4.78 is 1.97. The summed E-state index contributed by atoms with van der Waals surface area (Å²) in [4.78, 5) is 30.2. The van der Waals surface area contributed by atoms with Gasteiger partial charge in [-0.15, -0.1) is 0 Å². The topological polar surface area (TPSA) is 99.8 Å². The first-order valence-corrected chi connectivity index (χ1v) is 12.4. The van der Waals surface area contributed by atoms with Crippen LogP contribution in [0.4, 0.5) is 4.79 Å². The first-order chi connectivity index (χ1) is 15.4. The zero-order chi connectivity index (χ0) is 22.3. The number of hydrogen-bond donors (Lipinski definition) is 2. The van der Waals surface area contributed by atoms with Crippen molar-refractivity contribution >= 4 is 34.7 Å². The molecule has 3 amide bonds. The fourth-order valence-corrected chi connectivity index (χ4v) is 7.43. The molecule has 6 rings (SSSR count). The number of hydrogen-bond acceptors (Lipinski definition) is 5. The molecular weight excluding hydrogens is 422 g/mol. The van der Waals surface area contributed by atoms with E-state index in [1.807, 2.05) is 28.8 Å². The maximum Gasteiger partial charge on any atom is 0.321 e. The van der Waals surface area contributed by atoms with Crippen LogP contribution in [0.2, 0.25) is 0 Å². The largest absolute Gasteiger partial charge is 0.332 e. The molecule has 2 N–H and O–H groups in total. The molecule has 1 heterocycles. The van der Waals surface area contributed by atoms with Crippen molar-refractivity contribution in [1.29, 1.82) is 5.26 Å². The normalized spacial score (nSPS) is 28.9. The number of imidazole rings is 1. The third-order valence-electron chi connectivity index (χ3n) is 7.37. The summed E-state index contributed by atoms with van der Waals surface area (Å²) in [5.74, 6) is 1.87. The molecule has 1 aromatic carbocycles. The summed E-state index contributed by atoms with van der Waals surface area (Å²) in [6.07, 6.45) is 7.43. The number of carbonyl (C=O) groups is 2. The number of nitrogens with zero attached hydrogens (tertiary/aromatic N) is 3. The summed E-state index contributed by atoms with van der Waals surface area (Å²) >= 11 is 1.32. The zero-order valence-corrected chi connectivity index (χ0v) is 19.2. The van der Waals surface area contributed by atoms with Gasteiger partial charge in [0.25, 0.3) is 0 Å². The highest BCUT2D eigenvalue weighted by molar-refractivity contribution is 8.00. The van der Waals surface area contributed by atoms with Gasteiger partial charge in [-0.1, -0.05) is 23.9 Å². The molecule has 32 heavy (non-hydrogen) atoms. The summed E-state index contributed by atoms with van der Waals surface area (Å²) in [5.41, 5.74) is 1.65. The number of amides is 3. The number of nitriles is 1. The Morgan fingerprint density at radius 1 is 1.22 bits per heavy atom. The minimum atomic E-state index is -0.491. The van der Waals surface area contributed by atoms with Crippen molar-refractivity contribution in [3.8, 4) is 6.07 Å². The van der Waals surface area contributed by atoms with Gasteiger partial charge >= 0.3 is 6.03 Å². The summed E-state index contributed by atoms with van der Waals surface area (Å²) in [6, 6.07) is 9.54. The van der Waals surface area contributed by atoms with Crippen molar-refractivity contribution in [1.82, 2.24) is 20.2 Å². The molecule has 0 aliphatic heterocycles. The number of aromatic nitrogens is 2. The van der Waals surface area contributed by atoms with Crippen LogP contribution >= 0.6 is 11.8 Å². The SMILES string of the molecule is CC(Sc1nc2ccccc2n1CCC#N)C(=O)NC(=O)NC12CC3CC(CC(C3)C1)C2. The van der Waals surface area contributed by atoms with E-state index in [1.165, 1.54) is 31.0 Å². The molecular formula is C24H29N5O2S. The average Bonchev–Trinajstić information content (AvgIpc) is 3.07. The van der Waals surface area contributed by atoms with E-state index in [1.54, 1.807) is 6.92 Å². The molecule has 0 radical (unpaired) electrons. The Labute approximate surface area is 192 Å². The van der Waals surface area contributed by atoms with Gasteiger partial charge in [-0.2, -0.15) is 5.26 Å². The molecule has 1 atom stereocenters. The van der Waals surface area contributed by atoms with Crippen LogP contribution in [0.3, 0.4) is 0 Å². The summed E-state index contributed by atoms with van der Waals surface area (Å²) in [5, 5.41) is 15.0. The number of nitrogens with one attached hydrogen (secondary N) is 2. The quantitative estimate of drug-likeness (QED) is 0.641. The first-order valence-electron chi connectivity index (χ1n) is 11.6. The molecule has 2 aromatic rings. The summed E-state index contributed by atoms with van der Waals surface area (Å²) in [6.45, 7) is 2.30. The number of rotatable bonds is 6. The lowest BCUT2D eigenvalue weighted by molar-refractivity contribution is -0.119. The van der Waals surface area contributed by atoms with Crippen LogP contribution in [0.5, 0.6) is 0 Å². The third kappa shape index (κ3) is 4.11. The van der Waals surface area contributed by atoms with Crippen molar-refractivity contribution < 1.29 is 9.59 Å². The first kappa shape index (κ1) is 21.3. The molecule has 4 fully saturated rings. The Balaban J connectivity index is 1.23. The monoisotopic (exact) mass is 451 g/mol. The predicted molar refractivity (Wildman–Crippen MR) is 123 cm³/mol. The molecule has 1 unspecified atom stereocenters. The molecule has 4 saturated carbocycles. The van der Waals surface area contributed by atoms with E-state index in [0.717, 1.165) is 48.0 Å². The van der Waals surface area contributed by atoms with Crippen LogP contribution in [0, 0.1) is 29.1 Å². The fraction of sp³-hybridized carbons (Fsp3) is 0.583. The van der Waals surface area contributed by atoms with Gasteiger partial charge in [0.2, 0.25) is 5.91 Å². The van der Waals surface area contributed by atoms with Gasteiger partial charge in [0, 0.05) is 12.1 Å². The van der Waals surface area contributed by atoms with E-state index in [-0.39, 0.29) is 17.5 Å². The molecule has 7 nitrogen and oxygen atoms in total. The maximum atomic E-state index is 12.8. The molecule has 168 valence electrons. The number of imide groups is 1. The van der Waals surface area contributed by atoms with Gasteiger partial charge < -0.3 is 9.88 Å². The molecule has 0 saturated heterocycles. The van der Waals surface area contributed by atoms with Crippen molar-refractivity contribution in [3.63, 3.8) is 0 Å². The van der Waals surface area contributed by atoms with E-state index in [2.05, 4.69) is 21.7 Å². The predicted octanol–water partition coefficient (Wildman–Crippen LogP) is 4.23. The molecule has 4 bridgehead atoms. The van der Waals surface area contributed by atoms with Crippen molar-refractivity contribution in [2.24, 2.45) is 17.8 Å². The highest BCUT2D eigenvalue weighted by Gasteiger charge is 2.51. The van der Waals surface area contributed by atoms with Crippen LogP contribution in [-0.4, -0.2) is 32.3 Å². The second-order valence-corrected chi connectivity index (χ2v) is 11.2. The van der Waals surface area contributed by atoms with Crippen LogP contribution in [0.15, 0.2) is 29.4 Å². The number of thioether (sulfide) groups is 1. The Bertz CT molecular complexity index is 1050. The average molecular weight is 452 g/mol. The van der Waals surface area contributed by atoms with E-state index in [9.17, 15) is 9.59 Å². The minimum absolute atomic E-state index is 0.124. The van der Waals surface area contributed by atoms with E-state index >= 15 is 0 Å². The smallest absolute Gasteiger partial charge is 0.321 e. The van der Waals surface area contributed by atoms with E-state index < -0.39 is 5.25 Å². The van der Waals surface area contributed by atoms with Crippen LogP contribution in [-0.2, 0) is 11.3 Å². The Morgan fingerprint density at radius 2 is 1.88 bits per heavy atom. The maximum absolute atomic E-state index is 12.8. The molecule has 4 aliphatic carbocycles. The van der Waals surface area contributed by atoms with E-state index in [4.69, 9.17) is 5.26 Å². The lowest BCUT2D eigenvalue weighted by Crippen LogP contribution is -2.62. The lowest BCUT2D eigenvalue weighted by atomic mass is 9.53. The number of aryl methyl sites for hydroxylation is 1. The van der Waals surface area contributed by atoms with Crippen LogP contribution < -0.4 is 10.6 Å². The summed E-state index contributed by atoms with van der Waals surface area (Å²) in [7, 11) is 0. The van der Waals surface area contributed by atoms with Gasteiger partial charge in [0.05, 0.1) is 28.8 Å². The standard InChI is InChI=1S/C24H29N5O2S/c1-15(32-23-26-19-5-2-3-6-20(19)29(23)8-4-7-25)21(30)27-22(31)28-24-12-16-9-17(13-24)11-18(10-16)14-24/h2-3,5-6,15-18H,4,8-14H2,1H3,(H2,27,28,30,31). The van der Waals surface area contributed by atoms with Gasteiger partial charge in [-0.25, -0.2) is 9.78 Å². The van der Waals surface area contributed by atoms with Gasteiger partial charge in [0.1, 0.15) is 0 Å². The number of urea groups is 1. The number of fused-ring (bicyclic) bond motifs is 1. The van der Waals surface area contributed by atoms with Gasteiger partial charge in [0.15, 0.2) is 5.16 Å². The second-order valence-electron chi connectivity index (χ2n) is 9.84. The Morgan fingerprint density at radius 3 is 2.53 bits per heavy atom. The fourth-order valence-electron chi connectivity index (χ4n) is 6.48. The van der Waals surface area contributed by atoms with Gasteiger partial charge in [-0.05, 0) is 75.3 Å². The lowest BCUT2D eigenvalue weighted by Gasteiger charge is -2.56. The molecule has 8 heteroatoms. The Hall–Kier alpha value is -2.53. The molecule has 4 aliphatic rings. The van der Waals surface area contributed by atoms with E-state index in [0.29, 0.717) is 18.1 Å². The van der Waals surface area contributed by atoms with Crippen LogP contribution in [0.1, 0.15) is 51.9 Å². The molecule has 1 aromatic heterocycles. The van der Waals surface area contributed by atoms with Crippen molar-refractivity contribution in [2.75, 3.05) is 0 Å². The van der Waals surface area contributed by atoms with Gasteiger partial charge in [-0.3, -0.25) is 10.1 Å². The van der Waals surface area contributed by atoms with Crippen molar-refractivity contribution in [3.05, 3.63) is 24.3 Å². The van der Waals surface area contributed by atoms with Crippen LogP contribution in [0.25, 0.3) is 11.0 Å². The zero-order valence-electron chi connectivity index (χ0n) is 18.3. The minimum Gasteiger partial charge on any atom is -0.332 e. The number of benzene rings is 1. The highest BCUT2D eigenvalue weighted by Crippen LogP contribution is 2.55. The Kier molecular flexibility index (Phi) is 5.62. The van der Waals surface area contributed by atoms with Crippen molar-refractivity contribution in [2.45, 2.75) is 74.4 Å². The number of carbonyl (C=O) groups excluding carboxylic acids is 2. The highest BCUT2D eigenvalue weighted by atomic mass is 32.2. The number of para-hydroxylation sites is 2. The second kappa shape index (κ2) is 8.43.